The maximum Gasteiger partial charge on any atom is 0.136 e. The molecule has 0 radical (unpaired) electrons. The van der Waals surface area contributed by atoms with Crippen molar-refractivity contribution in [1.82, 2.24) is 4.57 Å². The van der Waals surface area contributed by atoms with Gasteiger partial charge in [0.1, 0.15) is 5.75 Å². The van der Waals surface area contributed by atoms with Crippen LogP contribution in [0.25, 0.3) is 10.9 Å². The standard InChI is InChI=1S/C12H15ClN2O/c1-2-15-7-8(3-4-14)9-5-10(13)12(16)6-11(9)15/h5-7,16H,2-4,14H2,1H3. The van der Waals surface area contributed by atoms with Crippen LogP contribution in [-0.2, 0) is 13.0 Å². The predicted octanol–water partition coefficient (Wildman–Crippen LogP) is 2.52. The second-order valence-corrected chi connectivity index (χ2v) is 4.21. The van der Waals surface area contributed by atoms with Gasteiger partial charge in [-0.25, -0.2) is 0 Å². The van der Waals surface area contributed by atoms with E-state index in [4.69, 9.17) is 17.3 Å². The first-order valence-corrected chi connectivity index (χ1v) is 5.75. The van der Waals surface area contributed by atoms with Gasteiger partial charge in [0.15, 0.2) is 0 Å². The molecule has 2 rings (SSSR count). The maximum atomic E-state index is 9.61. The van der Waals surface area contributed by atoms with Gasteiger partial charge >= 0.3 is 0 Å². The van der Waals surface area contributed by atoms with E-state index < -0.39 is 0 Å². The van der Waals surface area contributed by atoms with Crippen molar-refractivity contribution in [2.24, 2.45) is 5.73 Å². The number of benzene rings is 1. The number of aryl methyl sites for hydroxylation is 1. The minimum Gasteiger partial charge on any atom is -0.506 e. The van der Waals surface area contributed by atoms with Gasteiger partial charge in [-0.2, -0.15) is 0 Å². The van der Waals surface area contributed by atoms with Crippen molar-refractivity contribution >= 4 is 22.5 Å². The van der Waals surface area contributed by atoms with E-state index in [1.54, 1.807) is 6.07 Å². The number of phenols is 1. The molecular formula is C12H15ClN2O. The van der Waals surface area contributed by atoms with Crippen molar-refractivity contribution in [2.45, 2.75) is 19.9 Å². The zero-order valence-corrected chi connectivity index (χ0v) is 9.96. The van der Waals surface area contributed by atoms with E-state index >= 15 is 0 Å². The average molecular weight is 239 g/mol. The molecule has 0 fully saturated rings. The van der Waals surface area contributed by atoms with E-state index in [2.05, 4.69) is 17.7 Å². The summed E-state index contributed by atoms with van der Waals surface area (Å²) < 4.78 is 2.09. The fraction of sp³-hybridized carbons (Fsp3) is 0.333. The lowest BCUT2D eigenvalue weighted by molar-refractivity contribution is 0.476. The van der Waals surface area contributed by atoms with Crippen LogP contribution in [0.15, 0.2) is 18.3 Å². The Hall–Kier alpha value is -1.19. The Kier molecular flexibility index (Phi) is 3.08. The molecule has 86 valence electrons. The summed E-state index contributed by atoms with van der Waals surface area (Å²) in [6.45, 7) is 3.54. The molecule has 0 saturated carbocycles. The third-order valence-electron chi connectivity index (χ3n) is 2.79. The minimum absolute atomic E-state index is 0.126. The lowest BCUT2D eigenvalue weighted by Gasteiger charge is -2.02. The SMILES string of the molecule is CCn1cc(CCN)c2cc(Cl)c(O)cc21. The molecule has 2 aromatic rings. The van der Waals surface area contributed by atoms with E-state index in [9.17, 15) is 5.11 Å². The fourth-order valence-corrected chi connectivity index (χ4v) is 2.15. The number of rotatable bonds is 3. The molecule has 0 aliphatic carbocycles. The second-order valence-electron chi connectivity index (χ2n) is 3.80. The van der Waals surface area contributed by atoms with Crippen LogP contribution in [-0.4, -0.2) is 16.2 Å². The van der Waals surface area contributed by atoms with Crippen molar-refractivity contribution < 1.29 is 5.11 Å². The third-order valence-corrected chi connectivity index (χ3v) is 3.09. The summed E-state index contributed by atoms with van der Waals surface area (Å²) in [5.74, 6) is 0.126. The van der Waals surface area contributed by atoms with Gasteiger partial charge < -0.3 is 15.4 Å². The highest BCUT2D eigenvalue weighted by Crippen LogP contribution is 2.32. The lowest BCUT2D eigenvalue weighted by Crippen LogP contribution is -2.02. The van der Waals surface area contributed by atoms with Gasteiger partial charge in [-0.3, -0.25) is 0 Å². The number of nitrogens with two attached hydrogens (primary N) is 1. The number of halogens is 1. The highest BCUT2D eigenvalue weighted by atomic mass is 35.5. The molecule has 0 aliphatic rings. The topological polar surface area (TPSA) is 51.2 Å². The third kappa shape index (κ3) is 1.77. The van der Waals surface area contributed by atoms with Crippen LogP contribution in [0, 0.1) is 0 Å². The summed E-state index contributed by atoms with van der Waals surface area (Å²) in [6.07, 6.45) is 2.90. The minimum atomic E-state index is 0.126. The summed E-state index contributed by atoms with van der Waals surface area (Å²) in [5, 5.41) is 11.1. The van der Waals surface area contributed by atoms with Gasteiger partial charge in [0, 0.05) is 24.2 Å². The molecule has 1 aromatic heterocycles. The number of phenolic OH excluding ortho intramolecular Hbond substituents is 1. The number of fused-ring (bicyclic) bond motifs is 1. The second kappa shape index (κ2) is 4.36. The van der Waals surface area contributed by atoms with Gasteiger partial charge in [0.25, 0.3) is 0 Å². The van der Waals surface area contributed by atoms with Crippen LogP contribution in [0.2, 0.25) is 5.02 Å². The molecule has 0 aliphatic heterocycles. The number of hydrogen-bond donors (Lipinski definition) is 2. The van der Waals surface area contributed by atoms with Gasteiger partial charge in [-0.05, 0) is 31.5 Å². The first kappa shape index (κ1) is 11.3. The van der Waals surface area contributed by atoms with E-state index in [-0.39, 0.29) is 5.75 Å². The Balaban J connectivity index is 2.69. The molecule has 1 aromatic carbocycles. The summed E-state index contributed by atoms with van der Waals surface area (Å²) in [4.78, 5) is 0. The Bertz CT molecular complexity index is 519. The maximum absolute atomic E-state index is 9.61. The van der Waals surface area contributed by atoms with E-state index in [0.29, 0.717) is 11.6 Å². The monoisotopic (exact) mass is 238 g/mol. The molecule has 0 saturated heterocycles. The van der Waals surface area contributed by atoms with Crippen molar-refractivity contribution in [3.05, 3.63) is 28.9 Å². The summed E-state index contributed by atoms with van der Waals surface area (Å²) >= 11 is 5.92. The van der Waals surface area contributed by atoms with Crippen LogP contribution in [0.1, 0.15) is 12.5 Å². The van der Waals surface area contributed by atoms with E-state index in [0.717, 1.165) is 23.9 Å². The molecule has 0 atom stereocenters. The summed E-state index contributed by atoms with van der Waals surface area (Å²) in [6, 6.07) is 3.52. The zero-order chi connectivity index (χ0) is 11.7. The van der Waals surface area contributed by atoms with E-state index in [1.807, 2.05) is 6.07 Å². The Morgan fingerprint density at radius 1 is 1.44 bits per heavy atom. The Morgan fingerprint density at radius 3 is 2.81 bits per heavy atom. The largest absolute Gasteiger partial charge is 0.506 e. The van der Waals surface area contributed by atoms with E-state index in [1.165, 1.54) is 5.56 Å². The van der Waals surface area contributed by atoms with Crippen molar-refractivity contribution in [2.75, 3.05) is 6.54 Å². The molecule has 1 heterocycles. The van der Waals surface area contributed by atoms with Crippen LogP contribution >= 0.6 is 11.6 Å². The van der Waals surface area contributed by atoms with Crippen LogP contribution in [0.3, 0.4) is 0 Å². The highest BCUT2D eigenvalue weighted by molar-refractivity contribution is 6.32. The average Bonchev–Trinajstić information content (AvgIpc) is 2.58. The van der Waals surface area contributed by atoms with Crippen molar-refractivity contribution in [3.63, 3.8) is 0 Å². The van der Waals surface area contributed by atoms with Gasteiger partial charge in [0.2, 0.25) is 0 Å². The molecule has 0 unspecified atom stereocenters. The molecular weight excluding hydrogens is 224 g/mol. The number of hydrogen-bond acceptors (Lipinski definition) is 2. The number of aromatic hydroxyl groups is 1. The van der Waals surface area contributed by atoms with Crippen molar-refractivity contribution in [3.8, 4) is 5.75 Å². The molecule has 3 N–H and O–H groups in total. The molecule has 0 spiro atoms. The molecule has 0 amide bonds. The fourth-order valence-electron chi connectivity index (χ4n) is 1.99. The summed E-state index contributed by atoms with van der Waals surface area (Å²) in [5.41, 5.74) is 7.77. The number of aromatic nitrogens is 1. The quantitative estimate of drug-likeness (QED) is 0.863. The number of nitrogens with zero attached hydrogens (tertiary/aromatic N) is 1. The van der Waals surface area contributed by atoms with Gasteiger partial charge in [-0.1, -0.05) is 11.6 Å². The first-order valence-electron chi connectivity index (χ1n) is 5.37. The Morgan fingerprint density at radius 2 is 2.19 bits per heavy atom. The normalized spacial score (nSPS) is 11.2. The lowest BCUT2D eigenvalue weighted by atomic mass is 10.1. The molecule has 3 nitrogen and oxygen atoms in total. The smallest absolute Gasteiger partial charge is 0.136 e. The molecule has 16 heavy (non-hydrogen) atoms. The summed E-state index contributed by atoms with van der Waals surface area (Å²) in [7, 11) is 0. The van der Waals surface area contributed by atoms with Crippen LogP contribution in [0.5, 0.6) is 5.75 Å². The first-order chi connectivity index (χ1) is 7.67. The molecule has 0 bridgehead atoms. The molecule has 4 heteroatoms. The van der Waals surface area contributed by atoms with Crippen LogP contribution < -0.4 is 5.73 Å². The highest BCUT2D eigenvalue weighted by Gasteiger charge is 2.10. The van der Waals surface area contributed by atoms with Crippen molar-refractivity contribution in [1.29, 1.82) is 0 Å². The van der Waals surface area contributed by atoms with Crippen LogP contribution in [0.4, 0.5) is 0 Å². The van der Waals surface area contributed by atoms with Gasteiger partial charge in [-0.15, -0.1) is 0 Å². The van der Waals surface area contributed by atoms with Gasteiger partial charge in [0.05, 0.1) is 10.5 Å². The Labute approximate surface area is 99.4 Å². The zero-order valence-electron chi connectivity index (χ0n) is 9.20. The predicted molar refractivity (Wildman–Crippen MR) is 67.0 cm³/mol.